The topological polar surface area (TPSA) is 110 Å². The lowest BCUT2D eigenvalue weighted by Crippen LogP contribution is -2.38. The van der Waals surface area contributed by atoms with Crippen LogP contribution in [-0.2, 0) is 14.8 Å². The van der Waals surface area contributed by atoms with Crippen molar-refractivity contribution in [3.63, 3.8) is 0 Å². The number of nitrogens with zero attached hydrogens (tertiary/aromatic N) is 1. The number of amides is 2. The largest absolute Gasteiger partial charge is 0.366 e. The maximum Gasteiger partial charge on any atom is 0.264 e. The third kappa shape index (κ3) is 4.61. The number of primary amides is 1. The van der Waals surface area contributed by atoms with Crippen LogP contribution in [0.4, 0.5) is 11.4 Å². The summed E-state index contributed by atoms with van der Waals surface area (Å²) in [5.41, 5.74) is 6.03. The van der Waals surface area contributed by atoms with Gasteiger partial charge in [-0.3, -0.25) is 13.9 Å². The maximum atomic E-state index is 13.2. The number of carbonyl (C=O) groups is 2. The number of rotatable bonds is 7. The zero-order chi connectivity index (χ0) is 20.9. The second kappa shape index (κ2) is 8.57. The molecular formula is C21H19N3O4S. The van der Waals surface area contributed by atoms with E-state index >= 15 is 0 Å². The minimum atomic E-state index is -3.99. The first kappa shape index (κ1) is 20.1. The number of nitrogens with one attached hydrogen (secondary N) is 1. The highest BCUT2D eigenvalue weighted by Crippen LogP contribution is 2.23. The molecule has 7 nitrogen and oxygen atoms in total. The lowest BCUT2D eigenvalue weighted by molar-refractivity contribution is -0.114. The Morgan fingerprint density at radius 2 is 1.38 bits per heavy atom. The highest BCUT2D eigenvalue weighted by atomic mass is 32.2. The summed E-state index contributed by atoms with van der Waals surface area (Å²) >= 11 is 0. The van der Waals surface area contributed by atoms with Gasteiger partial charge in [0.05, 0.1) is 21.8 Å². The van der Waals surface area contributed by atoms with E-state index in [2.05, 4.69) is 5.32 Å². The predicted molar refractivity (Wildman–Crippen MR) is 111 cm³/mol. The van der Waals surface area contributed by atoms with Crippen LogP contribution in [0.1, 0.15) is 10.4 Å². The average molecular weight is 409 g/mol. The molecule has 0 saturated carbocycles. The van der Waals surface area contributed by atoms with Crippen LogP contribution in [0.3, 0.4) is 0 Å². The molecule has 0 radical (unpaired) electrons. The second-order valence-electron chi connectivity index (χ2n) is 6.12. The van der Waals surface area contributed by atoms with E-state index in [0.717, 1.165) is 4.31 Å². The van der Waals surface area contributed by atoms with Crippen molar-refractivity contribution >= 4 is 33.2 Å². The molecule has 3 rings (SSSR count). The molecule has 148 valence electrons. The van der Waals surface area contributed by atoms with E-state index in [9.17, 15) is 18.0 Å². The van der Waals surface area contributed by atoms with Crippen molar-refractivity contribution < 1.29 is 18.0 Å². The number of anilines is 2. The summed E-state index contributed by atoms with van der Waals surface area (Å²) in [5, 5.41) is 2.57. The Kier molecular flexibility index (Phi) is 5.94. The summed E-state index contributed by atoms with van der Waals surface area (Å²) in [5.74, 6) is -1.31. The molecule has 0 aromatic heterocycles. The first-order valence-corrected chi connectivity index (χ1v) is 10.1. The highest BCUT2D eigenvalue weighted by molar-refractivity contribution is 7.92. The van der Waals surface area contributed by atoms with Crippen LogP contribution in [0.5, 0.6) is 0 Å². The van der Waals surface area contributed by atoms with Crippen molar-refractivity contribution in [1.82, 2.24) is 0 Å². The highest BCUT2D eigenvalue weighted by Gasteiger charge is 2.27. The number of hydrogen-bond donors (Lipinski definition) is 2. The molecular weight excluding hydrogens is 390 g/mol. The number of sulfonamides is 1. The van der Waals surface area contributed by atoms with Gasteiger partial charge in [-0.15, -0.1) is 0 Å². The molecule has 0 spiro atoms. The maximum absolute atomic E-state index is 13.2. The number of hydrogen-bond acceptors (Lipinski definition) is 4. The molecule has 8 heteroatoms. The Morgan fingerprint density at radius 3 is 2.00 bits per heavy atom. The van der Waals surface area contributed by atoms with E-state index in [0.29, 0.717) is 5.69 Å². The zero-order valence-electron chi connectivity index (χ0n) is 15.4. The van der Waals surface area contributed by atoms with Gasteiger partial charge in [-0.25, -0.2) is 8.42 Å². The Morgan fingerprint density at radius 1 is 0.828 bits per heavy atom. The predicted octanol–water partition coefficient (Wildman–Crippen LogP) is 2.62. The van der Waals surface area contributed by atoms with Crippen molar-refractivity contribution in [3.8, 4) is 0 Å². The van der Waals surface area contributed by atoms with Crippen LogP contribution in [0, 0.1) is 0 Å². The molecule has 0 saturated heterocycles. The number of benzene rings is 3. The third-order valence-corrected chi connectivity index (χ3v) is 5.92. The Labute approximate surface area is 168 Å². The normalized spacial score (nSPS) is 10.9. The van der Waals surface area contributed by atoms with E-state index in [1.807, 2.05) is 0 Å². The number of para-hydroxylation sites is 2. The molecule has 0 aliphatic carbocycles. The molecule has 0 heterocycles. The van der Waals surface area contributed by atoms with Crippen LogP contribution in [0.2, 0.25) is 0 Å². The van der Waals surface area contributed by atoms with Gasteiger partial charge < -0.3 is 11.1 Å². The fraction of sp³-hybridized carbons (Fsp3) is 0.0476. The number of nitrogens with two attached hydrogens (primary N) is 1. The molecule has 2 amide bonds. The molecule has 3 aromatic carbocycles. The van der Waals surface area contributed by atoms with Gasteiger partial charge in [-0.2, -0.15) is 0 Å². The van der Waals surface area contributed by atoms with E-state index in [1.165, 1.54) is 24.3 Å². The van der Waals surface area contributed by atoms with E-state index in [1.54, 1.807) is 60.7 Å². The van der Waals surface area contributed by atoms with Crippen LogP contribution >= 0.6 is 0 Å². The summed E-state index contributed by atoms with van der Waals surface area (Å²) in [6, 6.07) is 22.4. The smallest absolute Gasteiger partial charge is 0.264 e. The lowest BCUT2D eigenvalue weighted by atomic mass is 10.1. The number of carbonyl (C=O) groups excluding carboxylic acids is 2. The Balaban J connectivity index is 1.93. The van der Waals surface area contributed by atoms with Crippen molar-refractivity contribution in [2.75, 3.05) is 16.2 Å². The minimum absolute atomic E-state index is 0.0641. The van der Waals surface area contributed by atoms with Crippen LogP contribution in [0.25, 0.3) is 0 Å². The Hall–Kier alpha value is -3.65. The SMILES string of the molecule is NC(=O)c1ccccc1NC(=O)CN(c1ccccc1)S(=O)(=O)c1ccccc1. The first-order valence-electron chi connectivity index (χ1n) is 8.71. The summed E-state index contributed by atoms with van der Waals surface area (Å²) in [4.78, 5) is 24.3. The van der Waals surface area contributed by atoms with Crippen molar-refractivity contribution in [2.45, 2.75) is 4.90 Å². The van der Waals surface area contributed by atoms with Crippen molar-refractivity contribution in [2.24, 2.45) is 5.73 Å². The van der Waals surface area contributed by atoms with E-state index < -0.39 is 28.4 Å². The van der Waals surface area contributed by atoms with Gasteiger partial charge in [0.15, 0.2) is 0 Å². The van der Waals surface area contributed by atoms with Gasteiger partial charge in [-0.05, 0) is 36.4 Å². The third-order valence-electron chi connectivity index (χ3n) is 4.13. The van der Waals surface area contributed by atoms with Gasteiger partial charge in [0.2, 0.25) is 5.91 Å². The second-order valence-corrected chi connectivity index (χ2v) is 7.98. The van der Waals surface area contributed by atoms with Crippen molar-refractivity contribution in [1.29, 1.82) is 0 Å². The molecule has 3 N–H and O–H groups in total. The summed E-state index contributed by atoms with van der Waals surface area (Å²) in [7, 11) is -3.99. The first-order chi connectivity index (χ1) is 13.9. The molecule has 0 fully saturated rings. The summed E-state index contributed by atoms with van der Waals surface area (Å²) < 4.78 is 27.4. The van der Waals surface area contributed by atoms with Gasteiger partial charge >= 0.3 is 0 Å². The van der Waals surface area contributed by atoms with Gasteiger partial charge in [0.25, 0.3) is 15.9 Å². The fourth-order valence-electron chi connectivity index (χ4n) is 2.76. The molecule has 0 unspecified atom stereocenters. The molecule has 0 aliphatic heterocycles. The van der Waals surface area contributed by atoms with Crippen LogP contribution in [0.15, 0.2) is 89.8 Å². The average Bonchev–Trinajstić information content (AvgIpc) is 2.73. The van der Waals surface area contributed by atoms with E-state index in [4.69, 9.17) is 5.73 Å². The molecule has 0 aliphatic rings. The summed E-state index contributed by atoms with van der Waals surface area (Å²) in [6.07, 6.45) is 0. The molecule has 29 heavy (non-hydrogen) atoms. The van der Waals surface area contributed by atoms with Gasteiger partial charge in [0, 0.05) is 0 Å². The van der Waals surface area contributed by atoms with Gasteiger partial charge in [0.1, 0.15) is 6.54 Å². The van der Waals surface area contributed by atoms with Crippen molar-refractivity contribution in [3.05, 3.63) is 90.5 Å². The summed E-state index contributed by atoms with van der Waals surface area (Å²) in [6.45, 7) is -0.478. The quantitative estimate of drug-likeness (QED) is 0.625. The van der Waals surface area contributed by atoms with Gasteiger partial charge in [-0.1, -0.05) is 48.5 Å². The zero-order valence-corrected chi connectivity index (χ0v) is 16.2. The molecule has 0 atom stereocenters. The molecule has 0 bridgehead atoms. The monoisotopic (exact) mass is 409 g/mol. The minimum Gasteiger partial charge on any atom is -0.366 e. The van der Waals surface area contributed by atoms with E-state index in [-0.39, 0.29) is 16.1 Å². The van der Waals surface area contributed by atoms with Crippen LogP contribution < -0.4 is 15.4 Å². The molecule has 3 aromatic rings. The Bertz CT molecular complexity index is 1120. The standard InChI is InChI=1S/C21H19N3O4S/c22-21(26)18-13-7-8-14-19(18)23-20(25)15-24(16-9-3-1-4-10-16)29(27,28)17-11-5-2-6-12-17/h1-14H,15H2,(H2,22,26)(H,23,25). The van der Waals surface area contributed by atoms with Crippen LogP contribution in [-0.4, -0.2) is 26.8 Å². The lowest BCUT2D eigenvalue weighted by Gasteiger charge is -2.24. The fourth-order valence-corrected chi connectivity index (χ4v) is 4.20.